The van der Waals surface area contributed by atoms with Crippen LogP contribution in [0.2, 0.25) is 0 Å². The number of allylic oxidation sites excluding steroid dienone is 4. The highest BCUT2D eigenvalue weighted by Crippen LogP contribution is 1.90. The van der Waals surface area contributed by atoms with Crippen LogP contribution >= 0.6 is 0 Å². The molecule has 0 saturated heterocycles. The van der Waals surface area contributed by atoms with Crippen molar-refractivity contribution in [2.24, 2.45) is 0 Å². The number of ketones is 2. The van der Waals surface area contributed by atoms with Crippen molar-refractivity contribution in [1.29, 1.82) is 0 Å². The Balaban J connectivity index is 0. The first-order chi connectivity index (χ1) is 4.79. The summed E-state index contributed by atoms with van der Waals surface area (Å²) >= 11 is 0. The van der Waals surface area contributed by atoms with Crippen LogP contribution in [0.25, 0.3) is 0 Å². The summed E-state index contributed by atoms with van der Waals surface area (Å²) in [5.74, 6) is -0.241. The molecule has 0 N–H and O–H groups in total. The molecule has 0 atom stereocenters. The molecule has 62 valence electrons. The quantitative estimate of drug-likeness (QED) is 0.499. The monoisotopic (exact) mass is 154 g/mol. The van der Waals surface area contributed by atoms with Gasteiger partial charge in [-0.1, -0.05) is 21.3 Å². The van der Waals surface area contributed by atoms with Gasteiger partial charge in [-0.3, -0.25) is 9.59 Å². The molecule has 0 amide bonds. The molecule has 0 aromatic carbocycles. The van der Waals surface area contributed by atoms with Crippen LogP contribution in [0.5, 0.6) is 0 Å². The fraction of sp³-hybridized carbons (Fsp3) is 0.333. The smallest absolute Gasteiger partial charge is 0.178 e. The van der Waals surface area contributed by atoms with E-state index in [1.54, 1.807) is 0 Å². The minimum Gasteiger partial charge on any atom is -0.290 e. The first-order valence-electron chi connectivity index (χ1n) is 3.23. The average molecular weight is 154 g/mol. The van der Waals surface area contributed by atoms with Gasteiger partial charge < -0.3 is 0 Å². The Labute approximate surface area is 67.6 Å². The van der Waals surface area contributed by atoms with E-state index in [1.807, 2.05) is 13.8 Å². The summed E-state index contributed by atoms with van der Waals surface area (Å²) in [5.41, 5.74) is 0. The van der Waals surface area contributed by atoms with Gasteiger partial charge in [0.25, 0.3) is 0 Å². The third-order valence-corrected chi connectivity index (χ3v) is 0.824. The van der Waals surface area contributed by atoms with Crippen LogP contribution in [0, 0.1) is 0 Å². The van der Waals surface area contributed by atoms with Crippen LogP contribution in [0.4, 0.5) is 0 Å². The Kier molecular flexibility index (Phi) is 7.87. The fourth-order valence-corrected chi connectivity index (χ4v) is 0.440. The van der Waals surface area contributed by atoms with Crippen molar-refractivity contribution in [3.05, 3.63) is 24.3 Å². The van der Waals surface area contributed by atoms with Gasteiger partial charge in [-0.15, -0.1) is 0 Å². The lowest BCUT2D eigenvalue weighted by Crippen LogP contribution is -1.97. The predicted octanol–water partition coefficient (Wildman–Crippen LogP) is 1.91. The molecule has 0 bridgehead atoms. The van der Waals surface area contributed by atoms with Crippen molar-refractivity contribution in [3.8, 4) is 0 Å². The lowest BCUT2D eigenvalue weighted by Gasteiger charge is -1.87. The predicted molar refractivity (Wildman–Crippen MR) is 46.4 cm³/mol. The van der Waals surface area contributed by atoms with Crippen molar-refractivity contribution >= 4 is 11.6 Å². The second kappa shape index (κ2) is 6.93. The van der Waals surface area contributed by atoms with Crippen molar-refractivity contribution in [2.75, 3.05) is 0 Å². The summed E-state index contributed by atoms with van der Waals surface area (Å²) in [6, 6.07) is 0. The molecule has 2 heteroatoms. The minimum atomic E-state index is -0.121. The summed E-state index contributed by atoms with van der Waals surface area (Å²) in [5, 5.41) is 0. The van der Waals surface area contributed by atoms with Gasteiger partial charge in [-0.05, 0) is 24.3 Å². The van der Waals surface area contributed by atoms with E-state index in [2.05, 4.69) is 0 Å². The maximum Gasteiger partial charge on any atom is 0.178 e. The third-order valence-electron chi connectivity index (χ3n) is 0.824. The minimum absolute atomic E-state index is 0. The molecule has 0 heterocycles. The molecule has 11 heavy (non-hydrogen) atoms. The van der Waals surface area contributed by atoms with Crippen LogP contribution in [0.15, 0.2) is 24.3 Å². The zero-order valence-corrected chi connectivity index (χ0v) is 6.13. The summed E-state index contributed by atoms with van der Waals surface area (Å²) in [6.07, 6.45) is 5.01. The SMILES string of the molecule is C.CC.O=C1C=CC(=O)C=C1. The molecular formula is C9H14O2. The highest BCUT2D eigenvalue weighted by Gasteiger charge is 1.97. The summed E-state index contributed by atoms with van der Waals surface area (Å²) in [4.78, 5) is 20.6. The summed E-state index contributed by atoms with van der Waals surface area (Å²) < 4.78 is 0. The van der Waals surface area contributed by atoms with Gasteiger partial charge in [0.1, 0.15) is 0 Å². The van der Waals surface area contributed by atoms with E-state index in [4.69, 9.17) is 0 Å². The Morgan fingerprint density at radius 2 is 1.00 bits per heavy atom. The van der Waals surface area contributed by atoms with Crippen molar-refractivity contribution in [2.45, 2.75) is 21.3 Å². The van der Waals surface area contributed by atoms with Crippen LogP contribution < -0.4 is 0 Å². The molecule has 0 aromatic heterocycles. The zero-order valence-electron chi connectivity index (χ0n) is 6.13. The number of rotatable bonds is 0. The Hall–Kier alpha value is -1.18. The fourth-order valence-electron chi connectivity index (χ4n) is 0.440. The molecule has 1 aliphatic rings. The Bertz CT molecular complexity index is 150. The molecule has 0 spiro atoms. The number of hydrogen-bond donors (Lipinski definition) is 0. The number of carbonyl (C=O) groups is 2. The van der Waals surface area contributed by atoms with E-state index >= 15 is 0 Å². The van der Waals surface area contributed by atoms with Crippen molar-refractivity contribution in [1.82, 2.24) is 0 Å². The lowest BCUT2D eigenvalue weighted by molar-refractivity contribution is -0.113. The molecular weight excluding hydrogens is 140 g/mol. The van der Waals surface area contributed by atoms with Crippen LogP contribution in [-0.2, 0) is 9.59 Å². The van der Waals surface area contributed by atoms with Gasteiger partial charge in [-0.2, -0.15) is 0 Å². The van der Waals surface area contributed by atoms with E-state index in [0.717, 1.165) is 0 Å². The molecule has 0 aromatic rings. The number of carbonyl (C=O) groups excluding carboxylic acids is 2. The third kappa shape index (κ3) is 5.27. The molecule has 0 fully saturated rings. The van der Waals surface area contributed by atoms with Crippen molar-refractivity contribution in [3.63, 3.8) is 0 Å². The van der Waals surface area contributed by atoms with Gasteiger partial charge in [0.05, 0.1) is 0 Å². The van der Waals surface area contributed by atoms with Gasteiger partial charge in [0, 0.05) is 0 Å². The van der Waals surface area contributed by atoms with Crippen LogP contribution in [-0.4, -0.2) is 11.6 Å². The van der Waals surface area contributed by atoms with E-state index < -0.39 is 0 Å². The van der Waals surface area contributed by atoms with Gasteiger partial charge in [0.2, 0.25) is 0 Å². The van der Waals surface area contributed by atoms with Crippen LogP contribution in [0.3, 0.4) is 0 Å². The van der Waals surface area contributed by atoms with E-state index in [1.165, 1.54) is 24.3 Å². The molecule has 2 nitrogen and oxygen atoms in total. The normalized spacial score (nSPS) is 13.3. The first-order valence-corrected chi connectivity index (χ1v) is 3.23. The molecule has 0 radical (unpaired) electrons. The van der Waals surface area contributed by atoms with Crippen LogP contribution in [0.1, 0.15) is 21.3 Å². The molecule has 0 saturated carbocycles. The molecule has 1 aliphatic carbocycles. The highest BCUT2D eigenvalue weighted by molar-refractivity contribution is 6.14. The van der Waals surface area contributed by atoms with Gasteiger partial charge in [-0.25, -0.2) is 0 Å². The largest absolute Gasteiger partial charge is 0.290 e. The highest BCUT2D eigenvalue weighted by atomic mass is 16.1. The second-order valence-electron chi connectivity index (χ2n) is 1.47. The maximum absolute atomic E-state index is 10.3. The van der Waals surface area contributed by atoms with Crippen molar-refractivity contribution < 1.29 is 9.59 Å². The van der Waals surface area contributed by atoms with E-state index in [9.17, 15) is 9.59 Å². The zero-order chi connectivity index (χ0) is 7.98. The Morgan fingerprint density at radius 1 is 0.818 bits per heavy atom. The molecule has 0 unspecified atom stereocenters. The summed E-state index contributed by atoms with van der Waals surface area (Å²) in [7, 11) is 0. The number of hydrogen-bond acceptors (Lipinski definition) is 2. The average Bonchev–Trinajstić information content (AvgIpc) is 2.00. The molecule has 0 aliphatic heterocycles. The Morgan fingerprint density at radius 3 is 1.18 bits per heavy atom. The topological polar surface area (TPSA) is 34.1 Å². The molecule has 1 rings (SSSR count). The summed E-state index contributed by atoms with van der Waals surface area (Å²) in [6.45, 7) is 4.00. The first kappa shape index (κ1) is 12.5. The van der Waals surface area contributed by atoms with Gasteiger partial charge in [0.15, 0.2) is 11.6 Å². The standard InChI is InChI=1S/C6H4O2.C2H6.CH4/c7-5-1-2-6(8)4-3-5;1-2;/h1-4H;1-2H3;1H4. The van der Waals surface area contributed by atoms with E-state index in [-0.39, 0.29) is 19.0 Å². The second-order valence-corrected chi connectivity index (χ2v) is 1.47. The lowest BCUT2D eigenvalue weighted by atomic mass is 10.2. The van der Waals surface area contributed by atoms with E-state index in [0.29, 0.717) is 0 Å². The van der Waals surface area contributed by atoms with Gasteiger partial charge >= 0.3 is 0 Å². The maximum atomic E-state index is 10.3.